The summed E-state index contributed by atoms with van der Waals surface area (Å²) in [6.45, 7) is 3.98. The Labute approximate surface area is 155 Å². The van der Waals surface area contributed by atoms with Crippen LogP contribution in [0.3, 0.4) is 0 Å². The number of hydrogen-bond acceptors (Lipinski definition) is 7. The maximum atomic E-state index is 12.6. The third-order valence-corrected chi connectivity index (χ3v) is 4.78. The van der Waals surface area contributed by atoms with Crippen LogP contribution in [-0.4, -0.2) is 28.9 Å². The highest BCUT2D eigenvalue weighted by Crippen LogP contribution is 2.37. The summed E-state index contributed by atoms with van der Waals surface area (Å²) in [5.74, 6) is -0.764. The molecule has 1 atom stereocenters. The molecule has 8 nitrogen and oxygen atoms in total. The molecule has 1 aliphatic carbocycles. The van der Waals surface area contributed by atoms with Gasteiger partial charge in [0.15, 0.2) is 5.78 Å². The van der Waals surface area contributed by atoms with Crippen LogP contribution in [0.15, 0.2) is 28.8 Å². The van der Waals surface area contributed by atoms with Gasteiger partial charge in [-0.3, -0.25) is 19.7 Å². The fourth-order valence-corrected chi connectivity index (χ4v) is 3.46. The lowest BCUT2D eigenvalue weighted by Crippen LogP contribution is -2.27. The van der Waals surface area contributed by atoms with Gasteiger partial charge in [0.1, 0.15) is 5.76 Å². The lowest BCUT2D eigenvalue weighted by atomic mass is 9.75. The second-order valence-corrected chi connectivity index (χ2v) is 7.50. The van der Waals surface area contributed by atoms with E-state index in [9.17, 15) is 19.7 Å². The van der Waals surface area contributed by atoms with Crippen LogP contribution in [0.1, 0.15) is 53.6 Å². The summed E-state index contributed by atoms with van der Waals surface area (Å²) in [5, 5.41) is 14.9. The first-order chi connectivity index (χ1) is 12.7. The van der Waals surface area contributed by atoms with Crippen molar-refractivity contribution >= 4 is 17.4 Å². The smallest absolute Gasteiger partial charge is 0.313 e. The molecule has 0 saturated heterocycles. The Morgan fingerprint density at radius 1 is 1.33 bits per heavy atom. The van der Waals surface area contributed by atoms with E-state index in [0.717, 1.165) is 0 Å². The number of aromatic nitrogens is 1. The number of non-ortho nitro benzene ring substituents is 1. The first-order valence-electron chi connectivity index (χ1n) is 8.54. The van der Waals surface area contributed by atoms with Crippen LogP contribution in [0.25, 0.3) is 0 Å². The molecule has 3 rings (SSSR count). The highest BCUT2D eigenvalue weighted by Gasteiger charge is 2.37. The Bertz CT molecular complexity index is 897. The Morgan fingerprint density at radius 2 is 2.00 bits per heavy atom. The lowest BCUT2D eigenvalue weighted by molar-refractivity contribution is -0.384. The molecule has 1 aliphatic rings. The number of nitro benzene ring substituents is 1. The normalized spacial score (nSPS) is 16.5. The Balaban J connectivity index is 1.93. The predicted molar refractivity (Wildman–Crippen MR) is 94.5 cm³/mol. The minimum Gasteiger partial charge on any atom is -0.469 e. The number of benzene rings is 1. The Morgan fingerprint density at radius 3 is 2.59 bits per heavy atom. The Hall–Kier alpha value is -3.03. The SMILES string of the molecule is COC(=O)C(Cc1noc2c1C(=O)CC(C)(C)C2)c1ccc([N+](=O)[O-])cc1. The number of fused-ring (bicyclic) bond motifs is 1. The summed E-state index contributed by atoms with van der Waals surface area (Å²) in [4.78, 5) is 35.2. The van der Waals surface area contributed by atoms with E-state index in [0.29, 0.717) is 35.4 Å². The molecule has 27 heavy (non-hydrogen) atoms. The van der Waals surface area contributed by atoms with Gasteiger partial charge < -0.3 is 9.26 Å². The molecule has 0 saturated carbocycles. The lowest BCUT2D eigenvalue weighted by Gasteiger charge is -2.26. The highest BCUT2D eigenvalue weighted by atomic mass is 16.6. The van der Waals surface area contributed by atoms with E-state index in [2.05, 4.69) is 5.16 Å². The molecule has 2 aromatic rings. The molecule has 1 heterocycles. The van der Waals surface area contributed by atoms with Gasteiger partial charge in [0.2, 0.25) is 0 Å². The van der Waals surface area contributed by atoms with Gasteiger partial charge in [0, 0.05) is 31.4 Å². The first kappa shape index (κ1) is 18.8. The Kier molecular flexibility index (Phi) is 4.82. The summed E-state index contributed by atoms with van der Waals surface area (Å²) >= 11 is 0. The minimum absolute atomic E-state index is 0.0511. The fraction of sp³-hybridized carbons (Fsp3) is 0.421. The molecule has 0 bridgehead atoms. The topological polar surface area (TPSA) is 113 Å². The molecule has 1 aromatic heterocycles. The number of methoxy groups -OCH3 is 1. The van der Waals surface area contributed by atoms with Crippen LogP contribution in [0, 0.1) is 15.5 Å². The van der Waals surface area contributed by atoms with Gasteiger partial charge >= 0.3 is 5.97 Å². The summed E-state index contributed by atoms with van der Waals surface area (Å²) in [5.41, 5.74) is 1.15. The number of nitro groups is 1. The quantitative estimate of drug-likeness (QED) is 0.450. The van der Waals surface area contributed by atoms with Gasteiger partial charge in [-0.05, 0) is 11.0 Å². The molecule has 8 heteroatoms. The van der Waals surface area contributed by atoms with Gasteiger partial charge in [0.25, 0.3) is 5.69 Å². The average Bonchev–Trinajstić information content (AvgIpc) is 3.00. The molecule has 0 amide bonds. The van der Waals surface area contributed by atoms with Gasteiger partial charge in [-0.25, -0.2) is 0 Å². The van der Waals surface area contributed by atoms with Gasteiger partial charge in [-0.15, -0.1) is 0 Å². The number of Topliss-reactive ketones (excluding diaryl/α,β-unsaturated/α-hetero) is 1. The number of esters is 1. The summed E-state index contributed by atoms with van der Waals surface area (Å²) < 4.78 is 10.3. The summed E-state index contributed by atoms with van der Waals surface area (Å²) in [6.07, 6.45) is 1.10. The van der Waals surface area contributed by atoms with Crippen molar-refractivity contribution in [3.05, 3.63) is 57.0 Å². The number of carbonyl (C=O) groups excluding carboxylic acids is 2. The van der Waals surface area contributed by atoms with Gasteiger partial charge in [-0.2, -0.15) is 0 Å². The van der Waals surface area contributed by atoms with Crippen molar-refractivity contribution in [1.82, 2.24) is 5.16 Å². The molecular formula is C19H20N2O6. The fourth-order valence-electron chi connectivity index (χ4n) is 3.46. The molecule has 0 aliphatic heterocycles. The van der Waals surface area contributed by atoms with E-state index in [-0.39, 0.29) is 23.3 Å². The number of rotatable bonds is 5. The summed E-state index contributed by atoms with van der Waals surface area (Å²) in [7, 11) is 1.27. The largest absolute Gasteiger partial charge is 0.469 e. The zero-order chi connectivity index (χ0) is 19.8. The summed E-state index contributed by atoms with van der Waals surface area (Å²) in [6, 6.07) is 5.68. The maximum Gasteiger partial charge on any atom is 0.313 e. The van der Waals surface area contributed by atoms with E-state index >= 15 is 0 Å². The van der Waals surface area contributed by atoms with Crippen molar-refractivity contribution in [2.24, 2.45) is 5.41 Å². The third-order valence-electron chi connectivity index (χ3n) is 4.78. The second kappa shape index (κ2) is 6.94. The number of nitrogens with zero attached hydrogens (tertiary/aromatic N) is 2. The zero-order valence-electron chi connectivity index (χ0n) is 15.4. The number of carbonyl (C=O) groups is 2. The molecule has 1 aromatic carbocycles. The molecule has 1 unspecified atom stereocenters. The van der Waals surface area contributed by atoms with E-state index in [1.54, 1.807) is 0 Å². The standard InChI is InChI=1S/C19H20N2O6/c1-19(2)9-15(22)17-14(20-27-16(17)10-19)8-13(18(23)26-3)11-4-6-12(7-5-11)21(24)25/h4-7,13H,8-10H2,1-3H3. The number of ether oxygens (including phenoxy) is 1. The second-order valence-electron chi connectivity index (χ2n) is 7.50. The van der Waals surface area contributed by atoms with Crippen LogP contribution < -0.4 is 0 Å². The maximum absolute atomic E-state index is 12.6. The molecular weight excluding hydrogens is 352 g/mol. The van der Waals surface area contributed by atoms with Crippen molar-refractivity contribution < 1.29 is 23.8 Å². The third kappa shape index (κ3) is 3.74. The van der Waals surface area contributed by atoms with Crippen LogP contribution in [0.5, 0.6) is 0 Å². The van der Waals surface area contributed by atoms with E-state index < -0.39 is 16.8 Å². The van der Waals surface area contributed by atoms with Crippen molar-refractivity contribution in [1.29, 1.82) is 0 Å². The predicted octanol–water partition coefficient (Wildman–Crippen LogP) is 3.24. The number of ketones is 1. The molecule has 0 spiro atoms. The molecule has 0 radical (unpaired) electrons. The molecule has 0 N–H and O–H groups in total. The van der Waals surface area contributed by atoms with E-state index in [1.165, 1.54) is 31.4 Å². The van der Waals surface area contributed by atoms with Crippen molar-refractivity contribution in [3.8, 4) is 0 Å². The zero-order valence-corrected chi connectivity index (χ0v) is 15.4. The van der Waals surface area contributed by atoms with Crippen molar-refractivity contribution in [2.45, 2.75) is 39.0 Å². The van der Waals surface area contributed by atoms with Gasteiger partial charge in [0.05, 0.1) is 29.2 Å². The average molecular weight is 372 g/mol. The van der Waals surface area contributed by atoms with Crippen LogP contribution >= 0.6 is 0 Å². The minimum atomic E-state index is -0.743. The van der Waals surface area contributed by atoms with E-state index in [4.69, 9.17) is 9.26 Å². The van der Waals surface area contributed by atoms with Crippen LogP contribution in [0.4, 0.5) is 5.69 Å². The van der Waals surface area contributed by atoms with Crippen LogP contribution in [0.2, 0.25) is 0 Å². The van der Waals surface area contributed by atoms with Crippen molar-refractivity contribution in [2.75, 3.05) is 7.11 Å². The highest BCUT2D eigenvalue weighted by molar-refractivity contribution is 5.99. The van der Waals surface area contributed by atoms with Crippen LogP contribution in [-0.2, 0) is 22.4 Å². The van der Waals surface area contributed by atoms with Crippen molar-refractivity contribution in [3.63, 3.8) is 0 Å². The molecule has 142 valence electrons. The first-order valence-corrected chi connectivity index (χ1v) is 8.54. The van der Waals surface area contributed by atoms with E-state index in [1.807, 2.05) is 13.8 Å². The van der Waals surface area contributed by atoms with Gasteiger partial charge in [-0.1, -0.05) is 31.1 Å². The molecule has 0 fully saturated rings. The monoisotopic (exact) mass is 372 g/mol. The number of hydrogen-bond donors (Lipinski definition) is 0.